The normalized spacial score (nSPS) is 16.9. The fourth-order valence-corrected chi connectivity index (χ4v) is 2.85. The first-order chi connectivity index (χ1) is 14.0. The molecule has 1 aliphatic heterocycles. The van der Waals surface area contributed by atoms with Crippen molar-refractivity contribution in [2.75, 3.05) is 26.9 Å². The highest BCUT2D eigenvalue weighted by atomic mass is 35.5. The van der Waals surface area contributed by atoms with Gasteiger partial charge in [0.2, 0.25) is 0 Å². The highest BCUT2D eigenvalue weighted by Gasteiger charge is 2.24. The lowest BCUT2D eigenvalue weighted by molar-refractivity contribution is 0.00713. The molecule has 0 aromatic heterocycles. The highest BCUT2D eigenvalue weighted by molar-refractivity contribution is 6.33. The van der Waals surface area contributed by atoms with Gasteiger partial charge in [-0.05, 0) is 30.9 Å². The van der Waals surface area contributed by atoms with Gasteiger partial charge in [-0.3, -0.25) is 4.84 Å². The summed E-state index contributed by atoms with van der Waals surface area (Å²) in [6, 6.07) is 1.02. The second kappa shape index (κ2) is 12.1. The summed E-state index contributed by atoms with van der Waals surface area (Å²) in [5, 5.41) is 24.3. The number of rotatable bonds is 5. The van der Waals surface area contributed by atoms with Crippen LogP contribution in [0.2, 0.25) is 5.02 Å². The molecule has 8 nitrogen and oxygen atoms in total. The van der Waals surface area contributed by atoms with E-state index in [9.17, 15) is 15.0 Å². The van der Waals surface area contributed by atoms with Crippen LogP contribution in [-0.4, -0.2) is 48.8 Å². The molecule has 1 aliphatic rings. The number of halogens is 1. The highest BCUT2D eigenvalue weighted by Crippen LogP contribution is 2.37. The van der Waals surface area contributed by atoms with Gasteiger partial charge in [-0.1, -0.05) is 35.0 Å². The van der Waals surface area contributed by atoms with Crippen molar-refractivity contribution < 1.29 is 29.4 Å². The van der Waals surface area contributed by atoms with E-state index in [0.29, 0.717) is 12.1 Å². The number of carbonyl (C=O) groups is 1. The van der Waals surface area contributed by atoms with Crippen molar-refractivity contribution in [3.05, 3.63) is 46.5 Å². The van der Waals surface area contributed by atoms with Gasteiger partial charge in [-0.25, -0.2) is 10.3 Å². The molecule has 3 N–H and O–H groups in total. The quantitative estimate of drug-likeness (QED) is 0.288. The second-order valence-corrected chi connectivity index (χ2v) is 6.48. The van der Waals surface area contributed by atoms with Gasteiger partial charge in [-0.2, -0.15) is 0 Å². The summed E-state index contributed by atoms with van der Waals surface area (Å²) in [4.78, 5) is 22.8. The smallest absolute Gasteiger partial charge is 0.342 e. The Hall–Kier alpha value is -2.55. The van der Waals surface area contributed by atoms with E-state index in [4.69, 9.17) is 26.0 Å². The number of phenolic OH excluding ortho intramolecular Hbond substituents is 2. The summed E-state index contributed by atoms with van der Waals surface area (Å²) in [5.41, 5.74) is 3.09. The van der Waals surface area contributed by atoms with Crippen molar-refractivity contribution >= 4 is 23.3 Å². The summed E-state index contributed by atoms with van der Waals surface area (Å²) in [6.07, 6.45) is 9.83. The number of hydrogen-bond donors (Lipinski definition) is 3. The third-order valence-electron chi connectivity index (χ3n) is 3.98. The van der Waals surface area contributed by atoms with E-state index in [2.05, 4.69) is 10.6 Å². The molecule has 0 bridgehead atoms. The molecule has 0 saturated heterocycles. The SMILES string of the molecule is CNOCCON=C1C=CCCC=CCCOC(=O)c2c(O)cc(O)c(Cl)c2C1. The molecule has 0 saturated carbocycles. The number of hydrogen-bond acceptors (Lipinski definition) is 8. The zero-order chi connectivity index (χ0) is 21.1. The van der Waals surface area contributed by atoms with Crippen molar-refractivity contribution in [2.45, 2.75) is 25.7 Å². The third-order valence-corrected chi connectivity index (χ3v) is 4.40. The van der Waals surface area contributed by atoms with Crippen LogP contribution in [0.5, 0.6) is 11.5 Å². The van der Waals surface area contributed by atoms with Crippen LogP contribution in [0, 0.1) is 0 Å². The summed E-state index contributed by atoms with van der Waals surface area (Å²) in [5.74, 6) is -1.48. The van der Waals surface area contributed by atoms with Gasteiger partial charge < -0.3 is 19.8 Å². The van der Waals surface area contributed by atoms with E-state index < -0.39 is 11.7 Å². The Bertz CT molecular complexity index is 792. The maximum atomic E-state index is 12.5. The fraction of sp³-hybridized carbons (Fsp3) is 0.400. The number of allylic oxidation sites excluding steroid dienone is 3. The molecular formula is C20H25ClN2O6. The summed E-state index contributed by atoms with van der Waals surface area (Å²) in [6.45, 7) is 0.653. The summed E-state index contributed by atoms with van der Waals surface area (Å²) >= 11 is 6.24. The molecule has 0 fully saturated rings. The van der Waals surface area contributed by atoms with Crippen molar-refractivity contribution in [1.29, 1.82) is 0 Å². The fourth-order valence-electron chi connectivity index (χ4n) is 2.63. The van der Waals surface area contributed by atoms with E-state index in [-0.39, 0.29) is 48.1 Å². The molecule has 0 amide bonds. The lowest BCUT2D eigenvalue weighted by Crippen LogP contribution is -2.14. The van der Waals surface area contributed by atoms with Gasteiger partial charge in [0, 0.05) is 19.5 Å². The van der Waals surface area contributed by atoms with Crippen LogP contribution in [0.4, 0.5) is 0 Å². The molecule has 0 radical (unpaired) electrons. The van der Waals surface area contributed by atoms with Gasteiger partial charge in [-0.15, -0.1) is 0 Å². The first-order valence-electron chi connectivity index (χ1n) is 9.24. The number of oxime groups is 1. The van der Waals surface area contributed by atoms with E-state index in [1.807, 2.05) is 18.2 Å². The lowest BCUT2D eigenvalue weighted by atomic mass is 9.99. The zero-order valence-electron chi connectivity index (χ0n) is 16.2. The minimum Gasteiger partial charge on any atom is -0.507 e. The minimum atomic E-state index is -0.725. The minimum absolute atomic E-state index is 0.0461. The van der Waals surface area contributed by atoms with Crippen LogP contribution >= 0.6 is 11.6 Å². The lowest BCUT2D eigenvalue weighted by Gasteiger charge is -2.14. The first-order valence-corrected chi connectivity index (χ1v) is 9.61. The van der Waals surface area contributed by atoms with Crippen LogP contribution in [0.1, 0.15) is 35.2 Å². The predicted molar refractivity (Wildman–Crippen MR) is 109 cm³/mol. The number of carbonyl (C=O) groups excluding carboxylic acids is 1. The molecule has 158 valence electrons. The van der Waals surface area contributed by atoms with Crippen LogP contribution in [0.3, 0.4) is 0 Å². The molecule has 0 atom stereocenters. The monoisotopic (exact) mass is 424 g/mol. The van der Waals surface area contributed by atoms with Gasteiger partial charge in [0.15, 0.2) is 0 Å². The number of aromatic hydroxyl groups is 2. The zero-order valence-corrected chi connectivity index (χ0v) is 16.9. The molecule has 0 spiro atoms. The Labute approximate surface area is 174 Å². The van der Waals surface area contributed by atoms with Crippen LogP contribution in [0.15, 0.2) is 35.5 Å². The van der Waals surface area contributed by atoms with E-state index in [1.54, 1.807) is 13.1 Å². The number of hydroxylamine groups is 1. The molecular weight excluding hydrogens is 400 g/mol. The van der Waals surface area contributed by atoms with Gasteiger partial charge >= 0.3 is 5.97 Å². The maximum Gasteiger partial charge on any atom is 0.342 e. The number of benzene rings is 1. The Balaban J connectivity index is 2.38. The summed E-state index contributed by atoms with van der Waals surface area (Å²) in [7, 11) is 1.64. The molecule has 1 heterocycles. The Morgan fingerprint density at radius 2 is 1.93 bits per heavy atom. The van der Waals surface area contributed by atoms with Crippen molar-refractivity contribution in [1.82, 2.24) is 5.48 Å². The first kappa shape index (κ1) is 22.7. The second-order valence-electron chi connectivity index (χ2n) is 6.10. The van der Waals surface area contributed by atoms with E-state index in [1.165, 1.54) is 0 Å². The van der Waals surface area contributed by atoms with Gasteiger partial charge in [0.25, 0.3) is 0 Å². The van der Waals surface area contributed by atoms with Gasteiger partial charge in [0.1, 0.15) is 30.3 Å². The topological polar surface area (TPSA) is 110 Å². The van der Waals surface area contributed by atoms with Gasteiger partial charge in [0.05, 0.1) is 17.3 Å². The average molecular weight is 425 g/mol. The maximum absolute atomic E-state index is 12.5. The largest absolute Gasteiger partial charge is 0.507 e. The standard InChI is InChI=1S/C20H25ClN2O6/c1-22-28-10-11-29-23-14-8-6-4-2-3-5-7-9-27-20(26)18-15(12-14)19(21)17(25)13-16(18)24/h3,5-6,8,13,22,24-25H,2,4,7,9-12H2,1H3. The number of fused-ring (bicyclic) bond motifs is 1. The van der Waals surface area contributed by atoms with Crippen LogP contribution in [0.25, 0.3) is 0 Å². The predicted octanol–water partition coefficient (Wildman–Crippen LogP) is 3.27. The molecule has 1 aromatic rings. The number of nitrogens with zero attached hydrogens (tertiary/aromatic N) is 1. The Morgan fingerprint density at radius 1 is 1.17 bits per heavy atom. The van der Waals surface area contributed by atoms with E-state index >= 15 is 0 Å². The molecule has 0 aliphatic carbocycles. The third kappa shape index (κ3) is 7.08. The average Bonchev–Trinajstić information content (AvgIpc) is 2.69. The Morgan fingerprint density at radius 3 is 2.72 bits per heavy atom. The number of cyclic esters (lactones) is 1. The molecule has 9 heteroatoms. The summed E-state index contributed by atoms with van der Waals surface area (Å²) < 4.78 is 5.25. The number of ether oxygens (including phenoxy) is 1. The van der Waals surface area contributed by atoms with Crippen LogP contribution < -0.4 is 5.48 Å². The number of esters is 1. The van der Waals surface area contributed by atoms with Crippen molar-refractivity contribution in [3.8, 4) is 11.5 Å². The van der Waals surface area contributed by atoms with Crippen molar-refractivity contribution in [3.63, 3.8) is 0 Å². The van der Waals surface area contributed by atoms with Crippen LogP contribution in [-0.2, 0) is 20.8 Å². The van der Waals surface area contributed by atoms with E-state index in [0.717, 1.165) is 18.9 Å². The molecule has 29 heavy (non-hydrogen) atoms. The molecule has 0 unspecified atom stereocenters. The number of nitrogens with one attached hydrogen (secondary N) is 1. The molecule has 1 aromatic carbocycles. The Kier molecular flexibility index (Phi) is 9.49. The number of phenols is 2. The van der Waals surface area contributed by atoms with Crippen molar-refractivity contribution in [2.24, 2.45) is 5.16 Å². The molecule has 2 rings (SSSR count).